The highest BCUT2D eigenvalue weighted by atomic mass is 15.3. The Kier molecular flexibility index (Phi) is 2.45. The van der Waals surface area contributed by atoms with E-state index in [1.54, 1.807) is 6.20 Å². The van der Waals surface area contributed by atoms with Crippen molar-refractivity contribution in [3.8, 4) is 0 Å². The number of aromatic amines is 1. The minimum atomic E-state index is 0.704. The molecule has 0 amide bonds. The summed E-state index contributed by atoms with van der Waals surface area (Å²) in [5.74, 6) is 0. The van der Waals surface area contributed by atoms with E-state index in [0.29, 0.717) is 5.69 Å². The van der Waals surface area contributed by atoms with Gasteiger partial charge in [-0.3, -0.25) is 9.78 Å². The number of hydrogen-bond donors (Lipinski definition) is 2. The summed E-state index contributed by atoms with van der Waals surface area (Å²) >= 11 is 0. The third kappa shape index (κ3) is 2.01. The van der Waals surface area contributed by atoms with Crippen LogP contribution in [0.2, 0.25) is 0 Å². The van der Waals surface area contributed by atoms with E-state index in [1.165, 1.54) is 5.56 Å². The predicted octanol–water partition coefficient (Wildman–Crippen LogP) is 1.05. The third-order valence-electron chi connectivity index (χ3n) is 2.52. The molecule has 5 heteroatoms. The Morgan fingerprint density at radius 1 is 1.47 bits per heavy atom. The Bertz CT molecular complexity index is 435. The monoisotopic (exact) mass is 205 g/mol. The number of nitrogens with one attached hydrogen (secondary N) is 1. The van der Waals surface area contributed by atoms with Gasteiger partial charge in [0.05, 0.1) is 17.6 Å². The Morgan fingerprint density at radius 3 is 2.80 bits per heavy atom. The lowest BCUT2D eigenvalue weighted by Gasteiger charge is -2.01. The quantitative estimate of drug-likeness (QED) is 0.786. The molecule has 2 aromatic heterocycles. The number of nitrogens with zero attached hydrogens (tertiary/aromatic N) is 3. The van der Waals surface area contributed by atoms with E-state index in [4.69, 9.17) is 5.73 Å². The molecule has 0 aromatic carbocycles. The highest BCUT2D eigenvalue weighted by molar-refractivity contribution is 5.30. The number of hydrogen-bond acceptors (Lipinski definition) is 3. The molecule has 15 heavy (non-hydrogen) atoms. The molecule has 0 aliphatic heterocycles. The van der Waals surface area contributed by atoms with E-state index >= 15 is 0 Å². The van der Waals surface area contributed by atoms with Crippen molar-refractivity contribution in [1.82, 2.24) is 20.0 Å². The molecule has 80 valence electrons. The van der Waals surface area contributed by atoms with Crippen molar-refractivity contribution in [1.29, 1.82) is 0 Å². The van der Waals surface area contributed by atoms with Crippen molar-refractivity contribution in [2.24, 2.45) is 0 Å². The molecule has 0 radical (unpaired) electrons. The maximum absolute atomic E-state index is 5.59. The summed E-state index contributed by atoms with van der Waals surface area (Å²) in [5.41, 5.74) is 9.75. The second-order valence-electron chi connectivity index (χ2n) is 3.70. The van der Waals surface area contributed by atoms with E-state index in [0.717, 1.165) is 24.4 Å². The average Bonchev–Trinajstić information content (AvgIpc) is 2.73. The van der Waals surface area contributed by atoms with Crippen LogP contribution in [0.4, 0.5) is 5.69 Å². The molecule has 0 aliphatic carbocycles. The molecule has 5 nitrogen and oxygen atoms in total. The van der Waals surface area contributed by atoms with Crippen molar-refractivity contribution in [2.45, 2.75) is 26.8 Å². The summed E-state index contributed by atoms with van der Waals surface area (Å²) in [6.07, 6.45) is 4.43. The standard InChI is InChI=1S/C10H15N5/c1-7-10(8(2)14-13-7)3-4-15-6-9(11)5-12-15/h5-6H,3-4,11H2,1-2H3,(H,13,14). The van der Waals surface area contributed by atoms with Gasteiger partial charge in [-0.2, -0.15) is 10.2 Å². The fraction of sp³-hybridized carbons (Fsp3) is 0.400. The maximum atomic E-state index is 5.59. The van der Waals surface area contributed by atoms with Gasteiger partial charge >= 0.3 is 0 Å². The van der Waals surface area contributed by atoms with E-state index in [2.05, 4.69) is 15.3 Å². The van der Waals surface area contributed by atoms with Gasteiger partial charge < -0.3 is 5.73 Å². The van der Waals surface area contributed by atoms with Crippen LogP contribution in [0.25, 0.3) is 0 Å². The van der Waals surface area contributed by atoms with Crippen LogP contribution in [0.1, 0.15) is 17.0 Å². The molecular formula is C10H15N5. The number of nitrogens with two attached hydrogens (primary N) is 1. The zero-order chi connectivity index (χ0) is 10.8. The number of aromatic nitrogens is 4. The minimum absolute atomic E-state index is 0.704. The number of aryl methyl sites for hydroxylation is 3. The highest BCUT2D eigenvalue weighted by Crippen LogP contribution is 2.11. The van der Waals surface area contributed by atoms with Crippen molar-refractivity contribution in [2.75, 3.05) is 5.73 Å². The molecule has 2 aromatic rings. The molecule has 0 bridgehead atoms. The van der Waals surface area contributed by atoms with Gasteiger partial charge in [-0.1, -0.05) is 0 Å². The first kappa shape index (κ1) is 9.76. The summed E-state index contributed by atoms with van der Waals surface area (Å²) in [4.78, 5) is 0. The molecule has 0 fully saturated rings. The largest absolute Gasteiger partial charge is 0.396 e. The Balaban J connectivity index is 2.05. The SMILES string of the molecule is Cc1n[nH]c(C)c1CCn1cc(N)cn1. The lowest BCUT2D eigenvalue weighted by molar-refractivity contribution is 0.613. The van der Waals surface area contributed by atoms with Gasteiger partial charge in [0.2, 0.25) is 0 Å². The molecule has 0 saturated carbocycles. The molecule has 0 saturated heterocycles. The molecule has 3 N–H and O–H groups in total. The summed E-state index contributed by atoms with van der Waals surface area (Å²) in [6.45, 7) is 4.88. The average molecular weight is 205 g/mol. The second-order valence-corrected chi connectivity index (χ2v) is 3.70. The summed E-state index contributed by atoms with van der Waals surface area (Å²) in [5, 5.41) is 11.3. The first-order valence-electron chi connectivity index (χ1n) is 4.95. The number of nitrogen functional groups attached to an aromatic ring is 1. The van der Waals surface area contributed by atoms with Gasteiger partial charge in [-0.05, 0) is 25.8 Å². The minimum Gasteiger partial charge on any atom is -0.396 e. The summed E-state index contributed by atoms with van der Waals surface area (Å²) in [6, 6.07) is 0. The van der Waals surface area contributed by atoms with Crippen LogP contribution in [-0.2, 0) is 13.0 Å². The molecule has 2 rings (SSSR count). The van der Waals surface area contributed by atoms with E-state index in [1.807, 2.05) is 24.7 Å². The van der Waals surface area contributed by atoms with Gasteiger partial charge in [0.15, 0.2) is 0 Å². The van der Waals surface area contributed by atoms with Gasteiger partial charge in [-0.25, -0.2) is 0 Å². The lowest BCUT2D eigenvalue weighted by Crippen LogP contribution is -2.02. The van der Waals surface area contributed by atoms with Crippen LogP contribution in [0, 0.1) is 13.8 Å². The van der Waals surface area contributed by atoms with Crippen LogP contribution in [0.15, 0.2) is 12.4 Å². The molecule has 0 aliphatic rings. The van der Waals surface area contributed by atoms with Crippen molar-refractivity contribution in [3.63, 3.8) is 0 Å². The zero-order valence-electron chi connectivity index (χ0n) is 8.99. The predicted molar refractivity (Wildman–Crippen MR) is 58.4 cm³/mol. The van der Waals surface area contributed by atoms with Gasteiger partial charge in [0.25, 0.3) is 0 Å². The first-order valence-corrected chi connectivity index (χ1v) is 4.95. The van der Waals surface area contributed by atoms with Gasteiger partial charge in [-0.15, -0.1) is 0 Å². The van der Waals surface area contributed by atoms with E-state index in [9.17, 15) is 0 Å². The van der Waals surface area contributed by atoms with Crippen LogP contribution in [-0.4, -0.2) is 20.0 Å². The van der Waals surface area contributed by atoms with Crippen molar-refractivity contribution < 1.29 is 0 Å². The number of anilines is 1. The molecule has 0 atom stereocenters. The number of rotatable bonds is 3. The van der Waals surface area contributed by atoms with Gasteiger partial charge in [0, 0.05) is 18.4 Å². The van der Waals surface area contributed by atoms with E-state index in [-0.39, 0.29) is 0 Å². The van der Waals surface area contributed by atoms with Gasteiger partial charge in [0.1, 0.15) is 0 Å². The van der Waals surface area contributed by atoms with Crippen molar-refractivity contribution >= 4 is 5.69 Å². The topological polar surface area (TPSA) is 72.5 Å². The lowest BCUT2D eigenvalue weighted by atomic mass is 10.1. The maximum Gasteiger partial charge on any atom is 0.0719 e. The Labute approximate surface area is 88.3 Å². The second kappa shape index (κ2) is 3.76. The van der Waals surface area contributed by atoms with Crippen LogP contribution in [0.5, 0.6) is 0 Å². The molecule has 2 heterocycles. The van der Waals surface area contributed by atoms with Crippen molar-refractivity contribution in [3.05, 3.63) is 29.3 Å². The normalized spacial score (nSPS) is 10.8. The van der Waals surface area contributed by atoms with E-state index < -0.39 is 0 Å². The fourth-order valence-corrected chi connectivity index (χ4v) is 1.67. The summed E-state index contributed by atoms with van der Waals surface area (Å²) in [7, 11) is 0. The number of H-pyrrole nitrogens is 1. The fourth-order valence-electron chi connectivity index (χ4n) is 1.67. The molecule has 0 spiro atoms. The highest BCUT2D eigenvalue weighted by Gasteiger charge is 2.06. The van der Waals surface area contributed by atoms with Crippen LogP contribution < -0.4 is 5.73 Å². The van der Waals surface area contributed by atoms with Crippen LogP contribution in [0.3, 0.4) is 0 Å². The first-order chi connectivity index (χ1) is 7.16. The zero-order valence-corrected chi connectivity index (χ0v) is 8.99. The molecular weight excluding hydrogens is 190 g/mol. The van der Waals surface area contributed by atoms with Crippen LogP contribution >= 0.6 is 0 Å². The summed E-state index contributed by atoms with van der Waals surface area (Å²) < 4.78 is 1.85. The Hall–Kier alpha value is -1.78. The third-order valence-corrected chi connectivity index (χ3v) is 2.52. The smallest absolute Gasteiger partial charge is 0.0719 e. The Morgan fingerprint density at radius 2 is 2.27 bits per heavy atom. The molecule has 0 unspecified atom stereocenters.